The van der Waals surface area contributed by atoms with Gasteiger partial charge in [0.25, 0.3) is 5.91 Å². The predicted molar refractivity (Wildman–Crippen MR) is 81.0 cm³/mol. The zero-order valence-electron chi connectivity index (χ0n) is 12.2. The monoisotopic (exact) mass is 302 g/mol. The summed E-state index contributed by atoms with van der Waals surface area (Å²) in [6, 6.07) is 8.81. The molecule has 0 aromatic heterocycles. The van der Waals surface area contributed by atoms with Crippen LogP contribution in [0.4, 0.5) is 4.79 Å². The third kappa shape index (κ3) is 4.26. The zero-order chi connectivity index (χ0) is 15.8. The van der Waals surface area contributed by atoms with Crippen LogP contribution in [0.2, 0.25) is 0 Å². The molecule has 3 amide bonds. The number of rotatable bonds is 4. The molecule has 0 unspecified atom stereocenters. The first kappa shape index (κ1) is 15.9. The van der Waals surface area contributed by atoms with Crippen LogP contribution in [0, 0.1) is 0 Å². The van der Waals surface area contributed by atoms with E-state index in [4.69, 9.17) is 4.74 Å². The summed E-state index contributed by atoms with van der Waals surface area (Å²) < 4.78 is 5.17. The second-order valence-electron chi connectivity index (χ2n) is 4.74. The summed E-state index contributed by atoms with van der Waals surface area (Å²) in [6.07, 6.45) is 3.47. The van der Waals surface area contributed by atoms with E-state index in [0.29, 0.717) is 32.6 Å². The molecule has 116 valence electrons. The van der Waals surface area contributed by atoms with Crippen molar-refractivity contribution < 1.29 is 19.1 Å². The molecule has 0 bridgehead atoms. The van der Waals surface area contributed by atoms with Crippen LogP contribution in [-0.4, -0.2) is 60.9 Å². The third-order valence-electron chi connectivity index (χ3n) is 3.25. The van der Waals surface area contributed by atoms with Gasteiger partial charge in [-0.05, 0) is 11.6 Å². The first-order valence-electron chi connectivity index (χ1n) is 7.07. The number of hydrogen-bond acceptors (Lipinski definition) is 4. The van der Waals surface area contributed by atoms with Crippen LogP contribution in [0.1, 0.15) is 5.56 Å². The largest absolute Gasteiger partial charge is 0.378 e. The lowest BCUT2D eigenvalue weighted by molar-refractivity contribution is -0.126. The minimum atomic E-state index is -0.507. The molecule has 0 aliphatic carbocycles. The Kier molecular flexibility index (Phi) is 5.85. The minimum absolute atomic E-state index is 0.256. The summed E-state index contributed by atoms with van der Waals surface area (Å²) in [6.45, 7) is 1.46. The van der Waals surface area contributed by atoms with Crippen LogP contribution < -0.4 is 0 Å². The quantitative estimate of drug-likeness (QED) is 0.619. The van der Waals surface area contributed by atoms with E-state index in [9.17, 15) is 14.4 Å². The number of ether oxygens (including phenoxy) is 1. The standard InChI is InChI=1S/C16H18N2O4/c19-11-8-18(16(21)17-9-12-22-13-10-17)15(20)7-6-14-4-2-1-3-5-14/h1-7,11H,8-10,12-13H2. The second-order valence-corrected chi connectivity index (χ2v) is 4.74. The summed E-state index contributed by atoms with van der Waals surface area (Å²) in [7, 11) is 0. The number of benzene rings is 1. The van der Waals surface area contributed by atoms with Crippen molar-refractivity contribution in [2.75, 3.05) is 32.8 Å². The van der Waals surface area contributed by atoms with Crippen molar-refractivity contribution in [3.05, 3.63) is 42.0 Å². The number of aldehydes is 1. The molecule has 0 radical (unpaired) electrons. The van der Waals surface area contributed by atoms with E-state index in [1.54, 1.807) is 6.08 Å². The van der Waals surface area contributed by atoms with E-state index in [1.807, 2.05) is 30.3 Å². The molecular formula is C16H18N2O4. The van der Waals surface area contributed by atoms with Gasteiger partial charge in [0.2, 0.25) is 0 Å². The van der Waals surface area contributed by atoms with Gasteiger partial charge in [-0.25, -0.2) is 4.79 Å². The number of hydrogen-bond donors (Lipinski definition) is 0. The highest BCUT2D eigenvalue weighted by atomic mass is 16.5. The molecule has 0 atom stereocenters. The molecule has 1 aromatic rings. The van der Waals surface area contributed by atoms with Gasteiger partial charge in [0.05, 0.1) is 19.8 Å². The van der Waals surface area contributed by atoms with Gasteiger partial charge in [0, 0.05) is 19.2 Å². The highest BCUT2D eigenvalue weighted by Gasteiger charge is 2.26. The summed E-state index contributed by atoms with van der Waals surface area (Å²) in [5, 5.41) is 0. The molecule has 1 aliphatic heterocycles. The Morgan fingerprint density at radius 3 is 2.50 bits per heavy atom. The van der Waals surface area contributed by atoms with Crippen molar-refractivity contribution >= 4 is 24.3 Å². The molecule has 1 heterocycles. The number of carbonyl (C=O) groups is 3. The lowest BCUT2D eigenvalue weighted by Gasteiger charge is -2.30. The SMILES string of the molecule is O=CCN(C(=O)C=Cc1ccccc1)C(=O)N1CCOCC1. The Bertz CT molecular complexity index is 551. The maximum atomic E-state index is 12.3. The molecule has 6 heteroatoms. The van der Waals surface area contributed by atoms with Crippen molar-refractivity contribution in [3.63, 3.8) is 0 Å². The molecule has 0 N–H and O–H groups in total. The maximum absolute atomic E-state index is 12.3. The topological polar surface area (TPSA) is 66.9 Å². The van der Waals surface area contributed by atoms with Gasteiger partial charge in [-0.3, -0.25) is 9.69 Å². The van der Waals surface area contributed by atoms with Crippen LogP contribution >= 0.6 is 0 Å². The Hall–Kier alpha value is -2.47. The highest BCUT2D eigenvalue weighted by molar-refractivity contribution is 6.03. The number of nitrogens with zero attached hydrogens (tertiary/aromatic N) is 2. The normalized spacial score (nSPS) is 14.8. The smallest absolute Gasteiger partial charge is 0.327 e. The number of urea groups is 1. The first-order valence-corrected chi connectivity index (χ1v) is 7.07. The van der Waals surface area contributed by atoms with Crippen LogP contribution in [0.25, 0.3) is 6.08 Å². The first-order chi connectivity index (χ1) is 10.7. The predicted octanol–water partition coefficient (Wildman–Crippen LogP) is 1.18. The van der Waals surface area contributed by atoms with Crippen molar-refractivity contribution in [2.45, 2.75) is 0 Å². The average molecular weight is 302 g/mol. The molecule has 1 aromatic carbocycles. The van der Waals surface area contributed by atoms with Gasteiger partial charge in [0.1, 0.15) is 6.29 Å². The van der Waals surface area contributed by atoms with Crippen LogP contribution in [0.15, 0.2) is 36.4 Å². The Balaban J connectivity index is 2.05. The third-order valence-corrected chi connectivity index (χ3v) is 3.25. The van der Waals surface area contributed by atoms with Crippen molar-refractivity contribution in [1.82, 2.24) is 9.80 Å². The van der Waals surface area contributed by atoms with E-state index < -0.39 is 11.9 Å². The highest BCUT2D eigenvalue weighted by Crippen LogP contribution is 2.06. The molecule has 0 saturated carbocycles. The van der Waals surface area contributed by atoms with E-state index in [2.05, 4.69) is 0 Å². The van der Waals surface area contributed by atoms with Crippen LogP contribution in [-0.2, 0) is 14.3 Å². The fourth-order valence-corrected chi connectivity index (χ4v) is 2.08. The molecule has 6 nitrogen and oxygen atoms in total. The maximum Gasteiger partial charge on any atom is 0.327 e. The Labute approximate surface area is 129 Å². The molecule has 2 rings (SSSR count). The summed E-state index contributed by atoms with van der Waals surface area (Å²) in [5.41, 5.74) is 0.848. The fraction of sp³-hybridized carbons (Fsp3) is 0.312. The van der Waals surface area contributed by atoms with Gasteiger partial charge in [0.15, 0.2) is 0 Å². The lowest BCUT2D eigenvalue weighted by atomic mass is 10.2. The molecule has 1 aliphatic rings. The number of carbonyl (C=O) groups excluding carboxylic acids is 3. The van der Waals surface area contributed by atoms with Gasteiger partial charge < -0.3 is 14.4 Å². The van der Waals surface area contributed by atoms with Gasteiger partial charge in [-0.15, -0.1) is 0 Å². The molecule has 0 spiro atoms. The Morgan fingerprint density at radius 2 is 1.86 bits per heavy atom. The van der Waals surface area contributed by atoms with Crippen molar-refractivity contribution in [1.29, 1.82) is 0 Å². The molecular weight excluding hydrogens is 284 g/mol. The molecule has 1 saturated heterocycles. The van der Waals surface area contributed by atoms with E-state index in [0.717, 1.165) is 10.5 Å². The fourth-order valence-electron chi connectivity index (χ4n) is 2.08. The van der Waals surface area contributed by atoms with E-state index in [1.165, 1.54) is 11.0 Å². The van der Waals surface area contributed by atoms with E-state index >= 15 is 0 Å². The van der Waals surface area contributed by atoms with Crippen LogP contribution in [0.5, 0.6) is 0 Å². The Morgan fingerprint density at radius 1 is 1.18 bits per heavy atom. The average Bonchev–Trinajstić information content (AvgIpc) is 2.58. The summed E-state index contributed by atoms with van der Waals surface area (Å²) in [5.74, 6) is -0.507. The van der Waals surface area contributed by atoms with E-state index in [-0.39, 0.29) is 6.54 Å². The second kappa shape index (κ2) is 8.09. The van der Waals surface area contributed by atoms with Gasteiger partial charge in [-0.1, -0.05) is 30.3 Å². The molecule has 1 fully saturated rings. The van der Waals surface area contributed by atoms with Crippen molar-refractivity contribution in [3.8, 4) is 0 Å². The number of imide groups is 1. The summed E-state index contributed by atoms with van der Waals surface area (Å²) >= 11 is 0. The minimum Gasteiger partial charge on any atom is -0.378 e. The van der Waals surface area contributed by atoms with Crippen LogP contribution in [0.3, 0.4) is 0 Å². The van der Waals surface area contributed by atoms with Gasteiger partial charge >= 0.3 is 6.03 Å². The lowest BCUT2D eigenvalue weighted by Crippen LogP contribution is -2.50. The molecule has 22 heavy (non-hydrogen) atoms. The summed E-state index contributed by atoms with van der Waals surface area (Å²) in [4.78, 5) is 37.7. The number of amides is 3. The van der Waals surface area contributed by atoms with Gasteiger partial charge in [-0.2, -0.15) is 0 Å². The zero-order valence-corrected chi connectivity index (χ0v) is 12.2. The van der Waals surface area contributed by atoms with Crippen molar-refractivity contribution in [2.24, 2.45) is 0 Å². The number of morpholine rings is 1.